The Morgan fingerprint density at radius 1 is 1.43 bits per heavy atom. The quantitative estimate of drug-likeness (QED) is 0.928. The Morgan fingerprint density at radius 3 is 2.76 bits per heavy atom. The fraction of sp³-hybridized carbons (Fsp3) is 0.562. The molecule has 1 aromatic carbocycles. The van der Waals surface area contributed by atoms with Gasteiger partial charge < -0.3 is 15.4 Å². The van der Waals surface area contributed by atoms with Gasteiger partial charge >= 0.3 is 0 Å². The summed E-state index contributed by atoms with van der Waals surface area (Å²) in [6, 6.07) is 4.42. The second kappa shape index (κ2) is 6.89. The Hall–Kier alpha value is -1.62. The van der Waals surface area contributed by atoms with Gasteiger partial charge in [-0.1, -0.05) is 12.8 Å². The number of ether oxygens (including phenoxy) is 1. The molecule has 0 radical (unpaired) electrons. The maximum Gasteiger partial charge on any atom is 0.256 e. The van der Waals surface area contributed by atoms with Crippen LogP contribution in [0.4, 0.5) is 4.39 Å². The molecule has 0 heterocycles. The summed E-state index contributed by atoms with van der Waals surface area (Å²) < 4.78 is 19.0. The molecule has 2 N–H and O–H groups in total. The van der Waals surface area contributed by atoms with E-state index in [0.29, 0.717) is 18.2 Å². The van der Waals surface area contributed by atoms with Gasteiger partial charge in [0.2, 0.25) is 0 Å². The third-order valence-electron chi connectivity index (χ3n) is 4.40. The zero-order valence-corrected chi connectivity index (χ0v) is 12.6. The van der Waals surface area contributed by atoms with Crippen LogP contribution in [0.2, 0.25) is 0 Å². The lowest BCUT2D eigenvalue weighted by molar-refractivity contribution is 0.0615. The van der Waals surface area contributed by atoms with Crippen LogP contribution in [0.5, 0.6) is 5.75 Å². The van der Waals surface area contributed by atoms with E-state index in [1.807, 2.05) is 0 Å². The minimum Gasteiger partial charge on any atom is -0.497 e. The molecule has 116 valence electrons. The SMILES string of the molecule is COc1ccc(C(=O)N(C)C2CCCCC2CN)c(F)c1. The van der Waals surface area contributed by atoms with Crippen LogP contribution in [0.15, 0.2) is 18.2 Å². The molecular formula is C16H23FN2O2. The lowest BCUT2D eigenvalue weighted by Crippen LogP contribution is -2.46. The number of halogens is 1. The minimum atomic E-state index is -0.550. The molecule has 0 aliphatic heterocycles. The van der Waals surface area contributed by atoms with Gasteiger partial charge in [-0.3, -0.25) is 4.79 Å². The highest BCUT2D eigenvalue weighted by Crippen LogP contribution is 2.28. The third-order valence-corrected chi connectivity index (χ3v) is 4.40. The molecule has 1 fully saturated rings. The van der Waals surface area contributed by atoms with Crippen molar-refractivity contribution in [1.29, 1.82) is 0 Å². The zero-order chi connectivity index (χ0) is 15.4. The summed E-state index contributed by atoms with van der Waals surface area (Å²) in [6.45, 7) is 0.563. The average molecular weight is 294 g/mol. The van der Waals surface area contributed by atoms with E-state index < -0.39 is 5.82 Å². The molecule has 0 aromatic heterocycles. The van der Waals surface area contributed by atoms with Gasteiger partial charge in [-0.25, -0.2) is 4.39 Å². The van der Waals surface area contributed by atoms with Gasteiger partial charge in [-0.15, -0.1) is 0 Å². The Labute approximate surface area is 125 Å². The molecule has 1 aliphatic carbocycles. The van der Waals surface area contributed by atoms with E-state index in [2.05, 4.69) is 0 Å². The van der Waals surface area contributed by atoms with Crippen molar-refractivity contribution in [3.8, 4) is 5.75 Å². The van der Waals surface area contributed by atoms with Crippen molar-refractivity contribution in [2.24, 2.45) is 11.7 Å². The standard InChI is InChI=1S/C16H23FN2O2/c1-19(15-6-4-3-5-11(15)10-18)16(20)13-8-7-12(21-2)9-14(13)17/h7-9,11,15H,3-6,10,18H2,1-2H3. The zero-order valence-electron chi connectivity index (χ0n) is 12.6. The number of nitrogens with two attached hydrogens (primary N) is 1. The third kappa shape index (κ3) is 3.35. The Morgan fingerprint density at radius 2 is 2.14 bits per heavy atom. The van der Waals surface area contributed by atoms with Crippen molar-refractivity contribution < 1.29 is 13.9 Å². The highest BCUT2D eigenvalue weighted by molar-refractivity contribution is 5.94. The van der Waals surface area contributed by atoms with Crippen molar-refractivity contribution in [1.82, 2.24) is 4.90 Å². The van der Waals surface area contributed by atoms with E-state index in [1.54, 1.807) is 18.0 Å². The number of carbonyl (C=O) groups excluding carboxylic acids is 1. The summed E-state index contributed by atoms with van der Waals surface area (Å²) in [5, 5.41) is 0. The van der Waals surface area contributed by atoms with Crippen LogP contribution in [-0.4, -0.2) is 37.6 Å². The van der Waals surface area contributed by atoms with Crippen LogP contribution in [0.25, 0.3) is 0 Å². The summed E-state index contributed by atoms with van der Waals surface area (Å²) in [7, 11) is 3.21. The van der Waals surface area contributed by atoms with Crippen molar-refractivity contribution in [3.05, 3.63) is 29.6 Å². The number of methoxy groups -OCH3 is 1. The first kappa shape index (κ1) is 15.8. The maximum atomic E-state index is 14.0. The first-order chi connectivity index (χ1) is 10.1. The lowest BCUT2D eigenvalue weighted by atomic mass is 9.83. The number of carbonyl (C=O) groups is 1. The van der Waals surface area contributed by atoms with E-state index in [9.17, 15) is 9.18 Å². The highest BCUT2D eigenvalue weighted by atomic mass is 19.1. The van der Waals surface area contributed by atoms with Gasteiger partial charge in [-0.05, 0) is 37.4 Å². The maximum absolute atomic E-state index is 14.0. The van der Waals surface area contributed by atoms with Crippen LogP contribution in [0.3, 0.4) is 0 Å². The number of benzene rings is 1. The summed E-state index contributed by atoms with van der Waals surface area (Å²) in [5.41, 5.74) is 5.89. The van der Waals surface area contributed by atoms with Crippen LogP contribution < -0.4 is 10.5 Å². The average Bonchev–Trinajstić information content (AvgIpc) is 2.53. The van der Waals surface area contributed by atoms with Crippen LogP contribution in [0.1, 0.15) is 36.0 Å². The molecule has 0 saturated heterocycles. The topological polar surface area (TPSA) is 55.6 Å². The van der Waals surface area contributed by atoms with Crippen molar-refractivity contribution >= 4 is 5.91 Å². The van der Waals surface area contributed by atoms with Gasteiger partial charge in [0.1, 0.15) is 11.6 Å². The molecular weight excluding hydrogens is 271 g/mol. The number of rotatable bonds is 4. The van der Waals surface area contributed by atoms with Gasteiger partial charge in [0.15, 0.2) is 0 Å². The number of hydrogen-bond acceptors (Lipinski definition) is 3. The molecule has 5 heteroatoms. The van der Waals surface area contributed by atoms with Crippen molar-refractivity contribution in [3.63, 3.8) is 0 Å². The fourth-order valence-corrected chi connectivity index (χ4v) is 3.11. The number of hydrogen-bond donors (Lipinski definition) is 1. The predicted molar refractivity (Wildman–Crippen MR) is 79.8 cm³/mol. The Bertz CT molecular complexity index is 507. The monoisotopic (exact) mass is 294 g/mol. The molecule has 2 unspecified atom stereocenters. The molecule has 0 spiro atoms. The second-order valence-corrected chi connectivity index (χ2v) is 5.61. The Kier molecular flexibility index (Phi) is 5.17. The summed E-state index contributed by atoms with van der Waals surface area (Å²) in [5.74, 6) is -0.134. The van der Waals surface area contributed by atoms with E-state index >= 15 is 0 Å². The second-order valence-electron chi connectivity index (χ2n) is 5.61. The van der Waals surface area contributed by atoms with Gasteiger partial charge in [0, 0.05) is 19.2 Å². The normalized spacial score (nSPS) is 21.9. The first-order valence-corrected chi connectivity index (χ1v) is 7.39. The smallest absolute Gasteiger partial charge is 0.256 e. The molecule has 0 bridgehead atoms. The minimum absolute atomic E-state index is 0.0830. The largest absolute Gasteiger partial charge is 0.497 e. The van der Waals surface area contributed by atoms with Crippen LogP contribution >= 0.6 is 0 Å². The molecule has 2 rings (SSSR count). The van der Waals surface area contributed by atoms with E-state index in [1.165, 1.54) is 19.2 Å². The lowest BCUT2D eigenvalue weighted by Gasteiger charge is -2.37. The number of nitrogens with zero attached hydrogens (tertiary/aromatic N) is 1. The van der Waals surface area contributed by atoms with E-state index in [0.717, 1.165) is 25.7 Å². The molecule has 1 aliphatic rings. The Balaban J connectivity index is 2.18. The summed E-state index contributed by atoms with van der Waals surface area (Å²) in [4.78, 5) is 14.2. The predicted octanol–water partition coefficient (Wildman–Crippen LogP) is 2.42. The molecule has 21 heavy (non-hydrogen) atoms. The molecule has 2 atom stereocenters. The highest BCUT2D eigenvalue weighted by Gasteiger charge is 2.31. The summed E-state index contributed by atoms with van der Waals surface area (Å²) in [6.07, 6.45) is 4.20. The van der Waals surface area contributed by atoms with Crippen LogP contribution in [-0.2, 0) is 0 Å². The van der Waals surface area contributed by atoms with Crippen LogP contribution in [0, 0.1) is 11.7 Å². The van der Waals surface area contributed by atoms with Gasteiger partial charge in [0.05, 0.1) is 12.7 Å². The van der Waals surface area contributed by atoms with E-state index in [4.69, 9.17) is 10.5 Å². The van der Waals surface area contributed by atoms with Gasteiger partial charge in [-0.2, -0.15) is 0 Å². The molecule has 4 nitrogen and oxygen atoms in total. The molecule has 1 aromatic rings. The van der Waals surface area contributed by atoms with Crippen molar-refractivity contribution in [2.45, 2.75) is 31.7 Å². The van der Waals surface area contributed by atoms with Gasteiger partial charge in [0.25, 0.3) is 5.91 Å². The summed E-state index contributed by atoms with van der Waals surface area (Å²) >= 11 is 0. The van der Waals surface area contributed by atoms with E-state index in [-0.39, 0.29) is 17.5 Å². The van der Waals surface area contributed by atoms with Crippen molar-refractivity contribution in [2.75, 3.05) is 20.7 Å². The molecule has 1 amide bonds. The first-order valence-electron chi connectivity index (χ1n) is 7.39. The molecule has 1 saturated carbocycles. The fourth-order valence-electron chi connectivity index (χ4n) is 3.11. The number of amides is 1.